The summed E-state index contributed by atoms with van der Waals surface area (Å²) in [5.74, 6) is -0.339. The number of rotatable bonds is 6. The predicted molar refractivity (Wildman–Crippen MR) is 90.6 cm³/mol. The summed E-state index contributed by atoms with van der Waals surface area (Å²) in [6.07, 6.45) is 2.02. The van der Waals surface area contributed by atoms with Gasteiger partial charge < -0.3 is 15.4 Å². The van der Waals surface area contributed by atoms with Crippen molar-refractivity contribution in [2.45, 2.75) is 30.3 Å². The average Bonchev–Trinajstić information content (AvgIpc) is 3.05. The van der Waals surface area contributed by atoms with E-state index < -0.39 is 10.0 Å². The van der Waals surface area contributed by atoms with E-state index in [9.17, 15) is 13.2 Å². The van der Waals surface area contributed by atoms with Crippen LogP contribution < -0.4 is 15.4 Å². The molecule has 3 N–H and O–H groups in total. The molecule has 4 rings (SSSR count). The summed E-state index contributed by atoms with van der Waals surface area (Å²) in [6.45, 7) is 3.59. The second-order valence-corrected chi connectivity index (χ2v) is 8.87. The van der Waals surface area contributed by atoms with Gasteiger partial charge in [0.25, 0.3) is 5.91 Å². The Bertz CT molecular complexity index is 770. The monoisotopic (exact) mass is 353 g/mol. The number of fused-ring (bicyclic) bond motifs is 1. The molecule has 2 heterocycles. The maximum atomic E-state index is 12.1. The number of hydrogen-bond donors (Lipinski definition) is 3. The van der Waals surface area contributed by atoms with E-state index in [-0.39, 0.29) is 21.8 Å². The molecule has 2 saturated heterocycles. The van der Waals surface area contributed by atoms with Gasteiger partial charge in [-0.3, -0.25) is 4.79 Å². The van der Waals surface area contributed by atoms with Gasteiger partial charge in [0.2, 0.25) is 10.0 Å². The van der Waals surface area contributed by atoms with Crippen molar-refractivity contribution in [3.8, 4) is 0 Å². The zero-order chi connectivity index (χ0) is 17.6. The van der Waals surface area contributed by atoms with Crippen LogP contribution in [0.15, 0.2) is 23.1 Å². The maximum Gasteiger partial charge on any atom is 0.253 e. The van der Waals surface area contributed by atoms with Crippen LogP contribution >= 0.6 is 0 Å². The number of amides is 1. The lowest BCUT2D eigenvalue weighted by Gasteiger charge is -2.42. The molecule has 24 heavy (non-hydrogen) atoms. The minimum atomic E-state index is -3.60. The van der Waals surface area contributed by atoms with E-state index >= 15 is 0 Å². The Labute approximate surface area is 142 Å². The van der Waals surface area contributed by atoms with E-state index in [0.717, 1.165) is 19.4 Å². The van der Waals surface area contributed by atoms with Crippen LogP contribution in [0.3, 0.4) is 0 Å². The first kappa shape index (κ1) is 17.2. The van der Waals surface area contributed by atoms with Crippen molar-refractivity contribution in [3.63, 3.8) is 0 Å². The molecule has 3 fully saturated rings. The Morgan fingerprint density at radius 2 is 2.00 bits per heavy atom. The van der Waals surface area contributed by atoms with Crippen LogP contribution in [0, 0.1) is 5.41 Å². The Balaban J connectivity index is 1.83. The molecule has 0 radical (unpaired) electrons. The number of anilines is 1. The number of nitrogens with one attached hydrogen (secondary N) is 3. The van der Waals surface area contributed by atoms with Gasteiger partial charge in [0.15, 0.2) is 0 Å². The van der Waals surface area contributed by atoms with Crippen molar-refractivity contribution in [2.75, 3.05) is 32.6 Å². The SMILES string of the molecule is CNC(=O)c1cc(S(=O)(=O)NC)ccc1NCC12CC(C)(CO1)C2. The summed E-state index contributed by atoms with van der Waals surface area (Å²) in [5.41, 5.74) is 1.02. The third-order valence-corrected chi connectivity index (χ3v) is 6.28. The zero-order valence-electron chi connectivity index (χ0n) is 14.1. The van der Waals surface area contributed by atoms with Crippen LogP contribution in [0.1, 0.15) is 30.1 Å². The molecule has 2 bridgehead atoms. The summed E-state index contributed by atoms with van der Waals surface area (Å²) in [5, 5.41) is 5.81. The molecule has 2 aliphatic heterocycles. The topological polar surface area (TPSA) is 96.5 Å². The van der Waals surface area contributed by atoms with E-state index in [1.807, 2.05) is 0 Å². The number of carbonyl (C=O) groups excluding carboxylic acids is 1. The molecule has 0 unspecified atom stereocenters. The molecule has 1 saturated carbocycles. The minimum absolute atomic E-state index is 0.0562. The van der Waals surface area contributed by atoms with Gasteiger partial charge in [-0.25, -0.2) is 13.1 Å². The van der Waals surface area contributed by atoms with E-state index in [1.54, 1.807) is 6.07 Å². The van der Waals surface area contributed by atoms with Crippen molar-refractivity contribution >= 4 is 21.6 Å². The van der Waals surface area contributed by atoms with Crippen LogP contribution in [0.25, 0.3) is 0 Å². The first-order valence-electron chi connectivity index (χ1n) is 7.90. The lowest BCUT2D eigenvalue weighted by atomic mass is 9.64. The van der Waals surface area contributed by atoms with Crippen LogP contribution in [0.4, 0.5) is 5.69 Å². The number of hydrogen-bond acceptors (Lipinski definition) is 5. The minimum Gasteiger partial charge on any atom is -0.381 e. The fraction of sp³-hybridized carbons (Fsp3) is 0.562. The van der Waals surface area contributed by atoms with Gasteiger partial charge in [-0.1, -0.05) is 6.92 Å². The predicted octanol–water partition coefficient (Wildman–Crippen LogP) is 0.935. The van der Waals surface area contributed by atoms with E-state index in [2.05, 4.69) is 22.3 Å². The highest BCUT2D eigenvalue weighted by molar-refractivity contribution is 7.89. The molecule has 0 atom stereocenters. The smallest absolute Gasteiger partial charge is 0.253 e. The quantitative estimate of drug-likeness (QED) is 0.707. The van der Waals surface area contributed by atoms with Crippen LogP contribution in [0.5, 0.6) is 0 Å². The fourth-order valence-corrected chi connectivity index (χ4v) is 4.51. The first-order chi connectivity index (χ1) is 11.2. The molecule has 8 heteroatoms. The molecule has 1 aliphatic carbocycles. The second kappa shape index (κ2) is 5.72. The highest BCUT2D eigenvalue weighted by Gasteiger charge is 2.59. The van der Waals surface area contributed by atoms with Crippen molar-refractivity contribution in [3.05, 3.63) is 23.8 Å². The largest absolute Gasteiger partial charge is 0.381 e. The Morgan fingerprint density at radius 1 is 1.29 bits per heavy atom. The lowest BCUT2D eigenvalue weighted by Crippen LogP contribution is -2.47. The molecular weight excluding hydrogens is 330 g/mol. The maximum absolute atomic E-state index is 12.1. The van der Waals surface area contributed by atoms with E-state index in [1.165, 1.54) is 26.2 Å². The zero-order valence-corrected chi connectivity index (χ0v) is 14.9. The van der Waals surface area contributed by atoms with E-state index in [4.69, 9.17) is 4.74 Å². The summed E-state index contributed by atoms with van der Waals surface area (Å²) < 4.78 is 32.1. The average molecular weight is 353 g/mol. The van der Waals surface area contributed by atoms with Gasteiger partial charge in [0.1, 0.15) is 0 Å². The highest BCUT2D eigenvalue weighted by Crippen LogP contribution is 2.57. The van der Waals surface area contributed by atoms with Crippen molar-refractivity contribution in [1.82, 2.24) is 10.0 Å². The Morgan fingerprint density at radius 3 is 2.54 bits per heavy atom. The third-order valence-electron chi connectivity index (χ3n) is 4.87. The lowest BCUT2D eigenvalue weighted by molar-refractivity contribution is 0.00141. The summed E-state index contributed by atoms with van der Waals surface area (Å²) in [7, 11) is -0.751. The van der Waals surface area contributed by atoms with Crippen molar-refractivity contribution < 1.29 is 17.9 Å². The van der Waals surface area contributed by atoms with Crippen molar-refractivity contribution in [1.29, 1.82) is 0 Å². The molecule has 1 aromatic carbocycles. The molecule has 0 aromatic heterocycles. The summed E-state index contributed by atoms with van der Waals surface area (Å²) in [4.78, 5) is 12.2. The van der Waals surface area contributed by atoms with Crippen LogP contribution in [0.2, 0.25) is 0 Å². The fourth-order valence-electron chi connectivity index (χ4n) is 3.75. The summed E-state index contributed by atoms with van der Waals surface area (Å²) >= 11 is 0. The highest BCUT2D eigenvalue weighted by atomic mass is 32.2. The Kier molecular flexibility index (Phi) is 4.09. The van der Waals surface area contributed by atoms with Crippen molar-refractivity contribution in [2.24, 2.45) is 5.41 Å². The van der Waals surface area contributed by atoms with Gasteiger partial charge in [-0.05, 0) is 43.5 Å². The van der Waals surface area contributed by atoms with Gasteiger partial charge >= 0.3 is 0 Å². The molecule has 1 aromatic rings. The molecule has 7 nitrogen and oxygen atoms in total. The molecular formula is C16H23N3O4S. The molecule has 3 aliphatic rings. The number of carbonyl (C=O) groups is 1. The number of sulfonamides is 1. The standard InChI is InChI=1S/C16H23N3O4S/c1-15-7-16(8-15,23-10-15)9-19-13-5-4-11(24(21,22)18-3)6-12(13)14(20)17-2/h4-6,18-19H,7-10H2,1-3H3,(H,17,20). The van der Waals surface area contributed by atoms with Gasteiger partial charge in [0, 0.05) is 19.3 Å². The third kappa shape index (κ3) is 2.89. The molecule has 132 valence electrons. The van der Waals surface area contributed by atoms with Crippen LogP contribution in [-0.4, -0.2) is 47.2 Å². The normalized spacial score (nSPS) is 28.3. The van der Waals surface area contributed by atoms with Gasteiger partial charge in [-0.15, -0.1) is 0 Å². The second-order valence-electron chi connectivity index (χ2n) is 6.98. The van der Waals surface area contributed by atoms with E-state index in [0.29, 0.717) is 17.8 Å². The number of ether oxygens (including phenoxy) is 1. The first-order valence-corrected chi connectivity index (χ1v) is 9.38. The number of benzene rings is 1. The summed E-state index contributed by atoms with van der Waals surface area (Å²) in [6, 6.07) is 4.49. The molecule has 0 spiro atoms. The van der Waals surface area contributed by atoms with Crippen LogP contribution in [-0.2, 0) is 14.8 Å². The van der Waals surface area contributed by atoms with Gasteiger partial charge in [0.05, 0.1) is 22.7 Å². The van der Waals surface area contributed by atoms with Gasteiger partial charge in [-0.2, -0.15) is 0 Å². The Hall–Kier alpha value is -1.64. The molecule has 1 amide bonds.